The summed E-state index contributed by atoms with van der Waals surface area (Å²) in [5.41, 5.74) is -0.0771. The number of carbonyl (C=O) groups is 1. The van der Waals surface area contributed by atoms with Crippen molar-refractivity contribution in [2.75, 3.05) is 0 Å². The van der Waals surface area contributed by atoms with E-state index in [0.717, 1.165) is 6.07 Å². The van der Waals surface area contributed by atoms with E-state index in [-0.39, 0.29) is 16.6 Å². The van der Waals surface area contributed by atoms with Crippen LogP contribution in [0.25, 0.3) is 0 Å². The third kappa shape index (κ3) is 3.21. The van der Waals surface area contributed by atoms with Crippen LogP contribution in [0.1, 0.15) is 23.8 Å². The number of carboxylic acid groups (broad SMARTS) is 1. The molecule has 2 N–H and O–H groups in total. The zero-order valence-corrected chi connectivity index (χ0v) is 11.1. The van der Waals surface area contributed by atoms with Gasteiger partial charge in [-0.05, 0) is 19.4 Å². The molecule has 7 heteroatoms. The van der Waals surface area contributed by atoms with Gasteiger partial charge in [0.05, 0.1) is 0 Å². The molecule has 0 bridgehead atoms. The molecule has 18 heavy (non-hydrogen) atoms. The number of nitrogens with one attached hydrogen (secondary N) is 1. The Morgan fingerprint density at radius 1 is 1.67 bits per heavy atom. The molecule has 1 rings (SSSR count). The van der Waals surface area contributed by atoms with E-state index in [1.165, 1.54) is 17.8 Å². The predicted molar refractivity (Wildman–Crippen MR) is 67.0 cm³/mol. The molecule has 0 aliphatic rings. The van der Waals surface area contributed by atoms with E-state index in [4.69, 9.17) is 5.11 Å². The normalized spacial score (nSPS) is 13.2. The third-order valence-corrected chi connectivity index (χ3v) is 3.94. The number of hydrogen-bond donors (Lipinski definition) is 2. The summed E-state index contributed by atoms with van der Waals surface area (Å²) in [4.78, 5) is 10.8. The van der Waals surface area contributed by atoms with E-state index in [0.29, 0.717) is 6.42 Å². The molecule has 0 aliphatic heterocycles. The van der Waals surface area contributed by atoms with Crippen LogP contribution in [0.2, 0.25) is 0 Å². The van der Waals surface area contributed by atoms with E-state index in [9.17, 15) is 13.2 Å². The minimum Gasteiger partial charge on any atom is -0.477 e. The second-order valence-electron chi connectivity index (χ2n) is 4.02. The maximum atomic E-state index is 12.0. The number of nitrogens with zero attached hydrogens (tertiary/aromatic N) is 1. The summed E-state index contributed by atoms with van der Waals surface area (Å²) in [6.07, 6.45) is 3.38. The van der Waals surface area contributed by atoms with Gasteiger partial charge in [-0.3, -0.25) is 0 Å². The lowest BCUT2D eigenvalue weighted by Crippen LogP contribution is -2.31. The fourth-order valence-corrected chi connectivity index (χ4v) is 2.85. The van der Waals surface area contributed by atoms with Gasteiger partial charge >= 0.3 is 5.97 Å². The second kappa shape index (κ2) is 5.36. The van der Waals surface area contributed by atoms with Crippen LogP contribution in [0.5, 0.6) is 0 Å². The second-order valence-corrected chi connectivity index (χ2v) is 5.74. The molecule has 0 amide bonds. The maximum Gasteiger partial charge on any atom is 0.352 e. The minimum atomic E-state index is -3.70. The monoisotopic (exact) mass is 272 g/mol. The molecule has 1 aromatic heterocycles. The molecule has 0 saturated carbocycles. The Balaban J connectivity index is 3.02. The number of rotatable bonds is 6. The topological polar surface area (TPSA) is 88.4 Å². The first-order valence-electron chi connectivity index (χ1n) is 5.31. The Bertz CT molecular complexity index is 560. The summed E-state index contributed by atoms with van der Waals surface area (Å²) in [5.74, 6) is -1.17. The molecule has 1 heterocycles. The Morgan fingerprint density at radius 2 is 2.28 bits per heavy atom. The maximum absolute atomic E-state index is 12.0. The zero-order valence-electron chi connectivity index (χ0n) is 10.3. The summed E-state index contributed by atoms with van der Waals surface area (Å²) < 4.78 is 27.6. The Kier molecular flexibility index (Phi) is 4.31. The number of aryl methyl sites for hydroxylation is 1. The lowest BCUT2D eigenvalue weighted by molar-refractivity contribution is 0.0686. The molecule has 0 saturated heterocycles. The Hall–Kier alpha value is -1.60. The summed E-state index contributed by atoms with van der Waals surface area (Å²) in [6.45, 7) is 5.24. The molecular weight excluding hydrogens is 256 g/mol. The lowest BCUT2D eigenvalue weighted by atomic mass is 10.3. The van der Waals surface area contributed by atoms with Crippen LogP contribution in [0.3, 0.4) is 0 Å². The molecule has 0 radical (unpaired) electrons. The number of hydrogen-bond acceptors (Lipinski definition) is 3. The van der Waals surface area contributed by atoms with Gasteiger partial charge in [0.1, 0.15) is 10.6 Å². The van der Waals surface area contributed by atoms with Crippen molar-refractivity contribution in [1.82, 2.24) is 9.29 Å². The molecule has 0 aromatic carbocycles. The first kappa shape index (κ1) is 14.5. The summed E-state index contributed by atoms with van der Waals surface area (Å²) >= 11 is 0. The van der Waals surface area contributed by atoms with Crippen LogP contribution >= 0.6 is 0 Å². The molecule has 1 unspecified atom stereocenters. The van der Waals surface area contributed by atoms with Gasteiger partial charge in [0.15, 0.2) is 0 Å². The van der Waals surface area contributed by atoms with Gasteiger partial charge in [0, 0.05) is 19.3 Å². The van der Waals surface area contributed by atoms with Crippen molar-refractivity contribution in [2.24, 2.45) is 7.05 Å². The zero-order chi connectivity index (χ0) is 13.9. The van der Waals surface area contributed by atoms with Gasteiger partial charge in [-0.25, -0.2) is 17.9 Å². The first-order valence-corrected chi connectivity index (χ1v) is 6.79. The van der Waals surface area contributed by atoms with Crippen LogP contribution in [-0.4, -0.2) is 30.1 Å². The van der Waals surface area contributed by atoms with Crippen molar-refractivity contribution in [3.63, 3.8) is 0 Å². The number of sulfonamides is 1. The minimum absolute atomic E-state index is 0.0571. The number of aromatic carboxylic acids is 1. The molecule has 6 nitrogen and oxygen atoms in total. The predicted octanol–water partition coefficient (Wildman–Crippen LogP) is 0.966. The van der Waals surface area contributed by atoms with E-state index in [1.54, 1.807) is 13.0 Å². The highest BCUT2D eigenvalue weighted by molar-refractivity contribution is 7.89. The van der Waals surface area contributed by atoms with E-state index in [1.807, 2.05) is 0 Å². The van der Waals surface area contributed by atoms with Crippen molar-refractivity contribution in [1.29, 1.82) is 0 Å². The van der Waals surface area contributed by atoms with Crippen LogP contribution in [0, 0.1) is 0 Å². The summed E-state index contributed by atoms with van der Waals surface area (Å²) in [5, 5.41) is 8.86. The van der Waals surface area contributed by atoms with Crippen LogP contribution in [0.4, 0.5) is 0 Å². The quantitative estimate of drug-likeness (QED) is 0.755. The van der Waals surface area contributed by atoms with Gasteiger partial charge < -0.3 is 9.67 Å². The molecule has 100 valence electrons. The van der Waals surface area contributed by atoms with Gasteiger partial charge in [-0.15, -0.1) is 6.58 Å². The fraction of sp³-hybridized carbons (Fsp3) is 0.364. The van der Waals surface area contributed by atoms with Crippen molar-refractivity contribution in [2.45, 2.75) is 24.3 Å². The van der Waals surface area contributed by atoms with Crippen molar-refractivity contribution in [3.8, 4) is 0 Å². The van der Waals surface area contributed by atoms with Crippen molar-refractivity contribution < 1.29 is 18.3 Å². The highest BCUT2D eigenvalue weighted by Gasteiger charge is 2.21. The fourth-order valence-electron chi connectivity index (χ4n) is 1.52. The van der Waals surface area contributed by atoms with E-state index >= 15 is 0 Å². The van der Waals surface area contributed by atoms with Gasteiger partial charge in [0.25, 0.3) is 0 Å². The molecular formula is C11H16N2O4S. The number of aromatic nitrogens is 1. The van der Waals surface area contributed by atoms with Crippen molar-refractivity contribution >= 4 is 16.0 Å². The van der Waals surface area contributed by atoms with Crippen LogP contribution < -0.4 is 4.72 Å². The third-order valence-electron chi connectivity index (χ3n) is 2.39. The Labute approximate surface area is 106 Å². The summed E-state index contributed by atoms with van der Waals surface area (Å²) in [6, 6.07) is 0.839. The Morgan fingerprint density at radius 3 is 2.72 bits per heavy atom. The highest BCUT2D eigenvalue weighted by Crippen LogP contribution is 2.14. The van der Waals surface area contributed by atoms with Gasteiger partial charge in [0.2, 0.25) is 10.0 Å². The summed E-state index contributed by atoms with van der Waals surface area (Å²) in [7, 11) is -2.22. The lowest BCUT2D eigenvalue weighted by Gasteiger charge is -2.10. The SMILES string of the molecule is C=CCC(C)NS(=O)(=O)c1cc(C(=O)O)n(C)c1. The number of carboxylic acids is 1. The average molecular weight is 272 g/mol. The van der Waals surface area contributed by atoms with Crippen LogP contribution in [-0.2, 0) is 17.1 Å². The molecule has 0 fully saturated rings. The van der Waals surface area contributed by atoms with E-state index < -0.39 is 16.0 Å². The van der Waals surface area contributed by atoms with Crippen LogP contribution in [0.15, 0.2) is 29.8 Å². The smallest absolute Gasteiger partial charge is 0.352 e. The van der Waals surface area contributed by atoms with Crippen molar-refractivity contribution in [3.05, 3.63) is 30.6 Å². The van der Waals surface area contributed by atoms with Gasteiger partial charge in [-0.1, -0.05) is 6.08 Å². The molecule has 0 spiro atoms. The average Bonchev–Trinajstić information content (AvgIpc) is 2.60. The van der Waals surface area contributed by atoms with E-state index in [2.05, 4.69) is 11.3 Å². The first-order chi connectivity index (χ1) is 8.27. The molecule has 0 aliphatic carbocycles. The largest absolute Gasteiger partial charge is 0.477 e. The standard InChI is InChI=1S/C11H16N2O4S/c1-4-5-8(2)12-18(16,17)9-6-10(11(14)15)13(3)7-9/h4,6-8,12H,1,5H2,2-3H3,(H,14,15). The highest BCUT2D eigenvalue weighted by atomic mass is 32.2. The van der Waals surface area contributed by atoms with Gasteiger partial charge in [-0.2, -0.15) is 0 Å². The molecule has 1 aromatic rings. The molecule has 1 atom stereocenters.